The molecule has 1 aromatic heterocycles. The second-order valence-corrected chi connectivity index (χ2v) is 5.44. The highest BCUT2D eigenvalue weighted by Crippen LogP contribution is 2.25. The van der Waals surface area contributed by atoms with Gasteiger partial charge in [0, 0.05) is 22.1 Å². The molecular weight excluding hydrogens is 288 g/mol. The third kappa shape index (κ3) is 3.09. The molecule has 0 spiro atoms. The summed E-state index contributed by atoms with van der Waals surface area (Å²) in [6, 6.07) is 8.43. The van der Waals surface area contributed by atoms with E-state index >= 15 is 0 Å². The summed E-state index contributed by atoms with van der Waals surface area (Å²) in [5, 5.41) is 4.73. The molecule has 18 heavy (non-hydrogen) atoms. The molecule has 0 aliphatic carbocycles. The summed E-state index contributed by atoms with van der Waals surface area (Å²) >= 11 is 3.58. The second kappa shape index (κ2) is 6.30. The lowest BCUT2D eigenvalue weighted by molar-refractivity contribution is 0.643. The van der Waals surface area contributed by atoms with Gasteiger partial charge in [-0.1, -0.05) is 25.5 Å². The number of hydrogen-bond acceptors (Lipinski definition) is 2. The van der Waals surface area contributed by atoms with Crippen LogP contribution in [0.4, 0.5) is 0 Å². The fourth-order valence-corrected chi connectivity index (χ4v) is 2.55. The van der Waals surface area contributed by atoms with Gasteiger partial charge in [0.1, 0.15) is 0 Å². The number of unbranched alkanes of at least 4 members (excludes halogenated alkanes) is 1. The van der Waals surface area contributed by atoms with Crippen molar-refractivity contribution in [2.24, 2.45) is 0 Å². The predicted octanol–water partition coefficient (Wildman–Crippen LogP) is 4.20. The summed E-state index contributed by atoms with van der Waals surface area (Å²) in [7, 11) is 0. The Morgan fingerprint density at radius 1 is 1.33 bits per heavy atom. The average Bonchev–Trinajstić information content (AvgIpc) is 2.36. The minimum Gasteiger partial charge on any atom is -0.313 e. The molecule has 0 aliphatic heterocycles. The number of pyridine rings is 1. The van der Waals surface area contributed by atoms with E-state index in [1.807, 2.05) is 6.07 Å². The van der Waals surface area contributed by atoms with Crippen LogP contribution in [0.1, 0.15) is 31.0 Å². The Labute approximate surface area is 117 Å². The molecule has 0 bridgehead atoms. The van der Waals surface area contributed by atoms with Crippen LogP contribution in [-0.4, -0.2) is 11.5 Å². The molecule has 2 rings (SSSR count). The summed E-state index contributed by atoms with van der Waals surface area (Å²) in [4.78, 5) is 4.61. The first-order chi connectivity index (χ1) is 8.72. The molecule has 0 saturated carbocycles. The monoisotopic (exact) mass is 306 g/mol. The maximum absolute atomic E-state index is 4.61. The molecule has 0 saturated heterocycles. The van der Waals surface area contributed by atoms with Crippen LogP contribution in [0, 0.1) is 6.92 Å². The maximum atomic E-state index is 4.61. The number of para-hydroxylation sites is 1. The lowest BCUT2D eigenvalue weighted by Crippen LogP contribution is -2.15. The molecule has 0 fully saturated rings. The second-order valence-electron chi connectivity index (χ2n) is 4.59. The van der Waals surface area contributed by atoms with E-state index in [0.29, 0.717) is 0 Å². The van der Waals surface area contributed by atoms with Gasteiger partial charge in [-0.25, -0.2) is 0 Å². The Hall–Kier alpha value is -0.930. The summed E-state index contributed by atoms with van der Waals surface area (Å²) < 4.78 is 1.07. The van der Waals surface area contributed by atoms with Crippen molar-refractivity contribution in [1.82, 2.24) is 10.3 Å². The van der Waals surface area contributed by atoms with Crippen molar-refractivity contribution in [3.8, 4) is 0 Å². The zero-order valence-electron chi connectivity index (χ0n) is 11.0. The Balaban J connectivity index is 2.29. The molecule has 0 aliphatic rings. The van der Waals surface area contributed by atoms with E-state index in [-0.39, 0.29) is 0 Å². The van der Waals surface area contributed by atoms with Crippen LogP contribution in [0.15, 0.2) is 28.7 Å². The molecule has 2 aromatic rings. The van der Waals surface area contributed by atoms with Crippen molar-refractivity contribution in [3.05, 3.63) is 40.0 Å². The van der Waals surface area contributed by atoms with E-state index in [9.17, 15) is 0 Å². The molecule has 1 heterocycles. The molecule has 0 radical (unpaired) electrons. The fourth-order valence-electron chi connectivity index (χ4n) is 2.10. The normalized spacial score (nSPS) is 11.1. The maximum Gasteiger partial charge on any atom is 0.0850 e. The quantitative estimate of drug-likeness (QED) is 0.838. The summed E-state index contributed by atoms with van der Waals surface area (Å²) in [6.07, 6.45) is 2.46. The molecule has 1 N–H and O–H groups in total. The highest BCUT2D eigenvalue weighted by molar-refractivity contribution is 9.10. The van der Waals surface area contributed by atoms with Crippen LogP contribution in [0.5, 0.6) is 0 Å². The highest BCUT2D eigenvalue weighted by atomic mass is 79.9. The number of benzene rings is 1. The van der Waals surface area contributed by atoms with Gasteiger partial charge in [-0.15, -0.1) is 0 Å². The molecule has 0 unspecified atom stereocenters. The van der Waals surface area contributed by atoms with Gasteiger partial charge in [0.25, 0.3) is 0 Å². The summed E-state index contributed by atoms with van der Waals surface area (Å²) in [6.45, 7) is 6.25. The van der Waals surface area contributed by atoms with Gasteiger partial charge in [-0.3, -0.25) is 4.98 Å². The first-order valence-corrected chi connectivity index (χ1v) is 7.27. The number of rotatable bonds is 5. The smallest absolute Gasteiger partial charge is 0.0850 e. The summed E-state index contributed by atoms with van der Waals surface area (Å²) in [5.74, 6) is 0. The topological polar surface area (TPSA) is 24.9 Å². The van der Waals surface area contributed by atoms with E-state index in [1.165, 1.54) is 23.8 Å². The van der Waals surface area contributed by atoms with E-state index in [4.69, 9.17) is 0 Å². The van der Waals surface area contributed by atoms with Crippen molar-refractivity contribution < 1.29 is 0 Å². The van der Waals surface area contributed by atoms with Crippen molar-refractivity contribution in [3.63, 3.8) is 0 Å². The third-order valence-electron chi connectivity index (χ3n) is 3.03. The fraction of sp³-hybridized carbons (Fsp3) is 0.400. The third-order valence-corrected chi connectivity index (χ3v) is 3.67. The SMILES string of the molecule is CCCCNCc1cc(C)nc2c(Br)cccc12. The Morgan fingerprint density at radius 2 is 2.17 bits per heavy atom. The molecule has 0 amide bonds. The van der Waals surface area contributed by atoms with Crippen LogP contribution in [0.2, 0.25) is 0 Å². The van der Waals surface area contributed by atoms with Crippen LogP contribution in [0.25, 0.3) is 10.9 Å². The van der Waals surface area contributed by atoms with Crippen LogP contribution >= 0.6 is 15.9 Å². The zero-order valence-corrected chi connectivity index (χ0v) is 12.5. The van der Waals surface area contributed by atoms with Crippen molar-refractivity contribution >= 4 is 26.8 Å². The zero-order chi connectivity index (χ0) is 13.0. The largest absolute Gasteiger partial charge is 0.313 e. The van der Waals surface area contributed by atoms with Crippen LogP contribution in [-0.2, 0) is 6.54 Å². The number of hydrogen-bond donors (Lipinski definition) is 1. The Morgan fingerprint density at radius 3 is 2.94 bits per heavy atom. The standard InChI is InChI=1S/C15H19BrN2/c1-3-4-8-17-10-12-9-11(2)18-15-13(12)6-5-7-14(15)16/h5-7,9,17H,3-4,8,10H2,1-2H3. The molecular formula is C15H19BrN2. The Kier molecular flexibility index (Phi) is 4.72. The molecule has 1 aromatic carbocycles. The lowest BCUT2D eigenvalue weighted by Gasteiger charge is -2.10. The first-order valence-electron chi connectivity index (χ1n) is 6.48. The summed E-state index contributed by atoms with van der Waals surface area (Å²) in [5.41, 5.74) is 3.46. The van der Waals surface area contributed by atoms with Gasteiger partial charge in [-0.05, 0) is 53.5 Å². The van der Waals surface area contributed by atoms with Gasteiger partial charge in [0.15, 0.2) is 0 Å². The number of nitrogens with zero attached hydrogens (tertiary/aromatic N) is 1. The van der Waals surface area contributed by atoms with Gasteiger partial charge >= 0.3 is 0 Å². The number of aryl methyl sites for hydroxylation is 1. The van der Waals surface area contributed by atoms with Gasteiger partial charge in [0.05, 0.1) is 5.52 Å². The number of nitrogens with one attached hydrogen (secondary N) is 1. The number of fused-ring (bicyclic) bond motifs is 1. The van der Waals surface area contributed by atoms with Crippen molar-refractivity contribution in [1.29, 1.82) is 0 Å². The van der Waals surface area contributed by atoms with E-state index in [1.54, 1.807) is 0 Å². The lowest BCUT2D eigenvalue weighted by atomic mass is 10.1. The average molecular weight is 307 g/mol. The molecule has 3 heteroatoms. The van der Waals surface area contributed by atoms with Crippen LogP contribution < -0.4 is 5.32 Å². The van der Waals surface area contributed by atoms with Gasteiger partial charge in [-0.2, -0.15) is 0 Å². The first kappa shape index (κ1) is 13.5. The number of aromatic nitrogens is 1. The Bertz CT molecular complexity index is 537. The van der Waals surface area contributed by atoms with E-state index < -0.39 is 0 Å². The van der Waals surface area contributed by atoms with E-state index in [0.717, 1.165) is 28.8 Å². The van der Waals surface area contributed by atoms with Crippen LogP contribution in [0.3, 0.4) is 0 Å². The van der Waals surface area contributed by atoms with Gasteiger partial charge < -0.3 is 5.32 Å². The van der Waals surface area contributed by atoms with E-state index in [2.05, 4.69) is 58.3 Å². The molecule has 2 nitrogen and oxygen atoms in total. The molecule has 96 valence electrons. The highest BCUT2D eigenvalue weighted by Gasteiger charge is 2.06. The predicted molar refractivity (Wildman–Crippen MR) is 80.8 cm³/mol. The van der Waals surface area contributed by atoms with Gasteiger partial charge in [0.2, 0.25) is 0 Å². The minimum absolute atomic E-state index is 0.913. The molecule has 0 atom stereocenters. The number of halogens is 1. The van der Waals surface area contributed by atoms with Crippen molar-refractivity contribution in [2.75, 3.05) is 6.54 Å². The minimum atomic E-state index is 0.913. The van der Waals surface area contributed by atoms with Crippen molar-refractivity contribution in [2.45, 2.75) is 33.2 Å².